The highest BCUT2D eigenvalue weighted by Crippen LogP contribution is 2.40. The molecule has 2 aromatic heterocycles. The molecule has 3 heterocycles. The molecule has 8 heteroatoms. The van der Waals surface area contributed by atoms with Crippen molar-refractivity contribution < 1.29 is 19.4 Å². The van der Waals surface area contributed by atoms with Crippen LogP contribution in [0.15, 0.2) is 48.8 Å². The van der Waals surface area contributed by atoms with Gasteiger partial charge in [0.15, 0.2) is 5.75 Å². The predicted octanol–water partition coefficient (Wildman–Crippen LogP) is 4.67. The maximum atomic E-state index is 11.0. The van der Waals surface area contributed by atoms with E-state index in [4.69, 9.17) is 19.7 Å². The van der Waals surface area contributed by atoms with Gasteiger partial charge in [-0.15, -0.1) is 0 Å². The fraction of sp³-hybridized carbons (Fsp3) is 0.375. The minimum absolute atomic E-state index is 0.0218. The topological polar surface area (TPSA) is 98.5 Å². The Hall–Kier alpha value is -3.39. The van der Waals surface area contributed by atoms with Crippen LogP contribution in [-0.2, 0) is 16.0 Å². The summed E-state index contributed by atoms with van der Waals surface area (Å²) in [5, 5.41) is 17.1. The molecule has 1 saturated carbocycles. The standard InChI is InChI=1S/C24H26N4O4/c29-23(30)13-16-2-1-3-18(12-16)26-22-14-20(6-9-25-22)32-21-15-28(19-4-5-19)27-24(21)17-7-10-31-11-8-17/h1-3,6,9,12,14-15,17,19H,4-5,7-8,10-11,13H2,(H,25,26)(H,29,30). The molecule has 1 aliphatic carbocycles. The summed E-state index contributed by atoms with van der Waals surface area (Å²) >= 11 is 0. The smallest absolute Gasteiger partial charge is 0.307 e. The maximum absolute atomic E-state index is 11.0. The quantitative estimate of drug-likeness (QED) is 0.531. The number of pyridine rings is 1. The first-order valence-corrected chi connectivity index (χ1v) is 11.0. The van der Waals surface area contributed by atoms with Gasteiger partial charge in [0.2, 0.25) is 0 Å². The van der Waals surface area contributed by atoms with Crippen molar-refractivity contribution in [2.24, 2.45) is 0 Å². The summed E-state index contributed by atoms with van der Waals surface area (Å²) in [5.41, 5.74) is 2.51. The molecule has 5 rings (SSSR count). The van der Waals surface area contributed by atoms with Gasteiger partial charge in [-0.05, 0) is 49.4 Å². The molecule has 0 atom stereocenters. The van der Waals surface area contributed by atoms with Crippen molar-refractivity contribution >= 4 is 17.5 Å². The van der Waals surface area contributed by atoms with E-state index in [1.807, 2.05) is 36.5 Å². The molecule has 32 heavy (non-hydrogen) atoms. The Labute approximate surface area is 186 Å². The van der Waals surface area contributed by atoms with Crippen LogP contribution >= 0.6 is 0 Å². The number of rotatable bonds is 8. The molecule has 0 bridgehead atoms. The zero-order chi connectivity index (χ0) is 21.9. The van der Waals surface area contributed by atoms with Crippen LogP contribution in [-0.4, -0.2) is 39.1 Å². The molecule has 8 nitrogen and oxygen atoms in total. The van der Waals surface area contributed by atoms with Crippen LogP contribution in [0.1, 0.15) is 48.9 Å². The van der Waals surface area contributed by atoms with Gasteiger partial charge in [0.1, 0.15) is 17.3 Å². The van der Waals surface area contributed by atoms with E-state index >= 15 is 0 Å². The second kappa shape index (κ2) is 9.00. The Bertz CT molecular complexity index is 1100. The lowest BCUT2D eigenvalue weighted by Crippen LogP contribution is -2.15. The second-order valence-corrected chi connectivity index (χ2v) is 8.35. The van der Waals surface area contributed by atoms with Crippen LogP contribution in [0.4, 0.5) is 11.5 Å². The number of nitrogens with zero attached hydrogens (tertiary/aromatic N) is 3. The maximum Gasteiger partial charge on any atom is 0.307 e. The highest BCUT2D eigenvalue weighted by atomic mass is 16.5. The number of anilines is 2. The molecule has 2 aliphatic rings. The van der Waals surface area contributed by atoms with E-state index in [1.165, 1.54) is 12.8 Å². The molecule has 166 valence electrons. The summed E-state index contributed by atoms with van der Waals surface area (Å²) in [6.07, 6.45) is 7.93. The van der Waals surface area contributed by atoms with Crippen molar-refractivity contribution in [3.8, 4) is 11.5 Å². The minimum atomic E-state index is -0.859. The Balaban J connectivity index is 1.34. The Morgan fingerprint density at radius 3 is 2.81 bits per heavy atom. The van der Waals surface area contributed by atoms with Gasteiger partial charge in [-0.25, -0.2) is 4.98 Å². The number of nitrogens with one attached hydrogen (secondary N) is 1. The number of hydrogen-bond acceptors (Lipinski definition) is 6. The number of aromatic nitrogens is 3. The average Bonchev–Trinajstić information content (AvgIpc) is 3.55. The first-order chi connectivity index (χ1) is 15.6. The molecular formula is C24H26N4O4. The molecule has 3 aromatic rings. The van der Waals surface area contributed by atoms with Gasteiger partial charge in [0.05, 0.1) is 18.7 Å². The highest BCUT2D eigenvalue weighted by Gasteiger charge is 2.29. The van der Waals surface area contributed by atoms with Gasteiger partial charge < -0.3 is 19.9 Å². The molecule has 1 aliphatic heterocycles. The lowest BCUT2D eigenvalue weighted by atomic mass is 9.96. The number of benzene rings is 1. The van der Waals surface area contributed by atoms with Crippen molar-refractivity contribution in [1.29, 1.82) is 0 Å². The predicted molar refractivity (Wildman–Crippen MR) is 119 cm³/mol. The summed E-state index contributed by atoms with van der Waals surface area (Å²) in [6.45, 7) is 1.51. The second-order valence-electron chi connectivity index (χ2n) is 8.35. The van der Waals surface area contributed by atoms with E-state index in [2.05, 4.69) is 15.0 Å². The van der Waals surface area contributed by atoms with Crippen molar-refractivity contribution in [3.05, 3.63) is 60.0 Å². The fourth-order valence-electron chi connectivity index (χ4n) is 4.00. The largest absolute Gasteiger partial charge is 0.481 e. The van der Waals surface area contributed by atoms with Gasteiger partial charge in [0, 0.05) is 37.1 Å². The molecule has 1 saturated heterocycles. The van der Waals surface area contributed by atoms with Crippen LogP contribution in [0.3, 0.4) is 0 Å². The molecule has 0 amide bonds. The molecule has 0 unspecified atom stereocenters. The Morgan fingerprint density at radius 1 is 1.19 bits per heavy atom. The molecule has 0 radical (unpaired) electrons. The third kappa shape index (κ3) is 4.91. The lowest BCUT2D eigenvalue weighted by molar-refractivity contribution is -0.136. The van der Waals surface area contributed by atoms with Crippen LogP contribution in [0.2, 0.25) is 0 Å². The number of carboxylic acids is 1. The highest BCUT2D eigenvalue weighted by molar-refractivity contribution is 5.71. The van der Waals surface area contributed by atoms with Crippen molar-refractivity contribution in [2.45, 2.75) is 44.1 Å². The number of carboxylic acid groups (broad SMARTS) is 1. The number of carbonyl (C=O) groups is 1. The number of aliphatic carboxylic acids is 1. The third-order valence-corrected chi connectivity index (χ3v) is 5.77. The Kier molecular flexibility index (Phi) is 5.77. The van der Waals surface area contributed by atoms with Gasteiger partial charge in [-0.2, -0.15) is 5.10 Å². The zero-order valence-corrected chi connectivity index (χ0v) is 17.7. The molecular weight excluding hydrogens is 408 g/mol. The van der Waals surface area contributed by atoms with Gasteiger partial charge >= 0.3 is 5.97 Å². The van der Waals surface area contributed by atoms with Crippen LogP contribution < -0.4 is 10.1 Å². The Morgan fingerprint density at radius 2 is 2.03 bits per heavy atom. The van der Waals surface area contributed by atoms with Crippen LogP contribution in [0.25, 0.3) is 0 Å². The number of ether oxygens (including phenoxy) is 2. The summed E-state index contributed by atoms with van der Waals surface area (Å²) in [5.74, 6) is 1.58. The van der Waals surface area contributed by atoms with Gasteiger partial charge in [-0.1, -0.05) is 12.1 Å². The summed E-state index contributed by atoms with van der Waals surface area (Å²) in [4.78, 5) is 15.4. The molecule has 0 spiro atoms. The van der Waals surface area contributed by atoms with E-state index in [0.29, 0.717) is 23.5 Å². The monoisotopic (exact) mass is 434 g/mol. The molecule has 1 aromatic carbocycles. The molecule has 2 N–H and O–H groups in total. The van der Waals surface area contributed by atoms with E-state index in [1.54, 1.807) is 12.3 Å². The summed E-state index contributed by atoms with van der Waals surface area (Å²) in [7, 11) is 0. The van der Waals surface area contributed by atoms with Crippen LogP contribution in [0, 0.1) is 0 Å². The lowest BCUT2D eigenvalue weighted by Gasteiger charge is -2.21. The zero-order valence-electron chi connectivity index (χ0n) is 17.7. The first-order valence-electron chi connectivity index (χ1n) is 11.0. The fourth-order valence-corrected chi connectivity index (χ4v) is 4.00. The van der Waals surface area contributed by atoms with Crippen molar-refractivity contribution in [2.75, 3.05) is 18.5 Å². The van der Waals surface area contributed by atoms with Crippen LogP contribution in [0.5, 0.6) is 11.5 Å². The third-order valence-electron chi connectivity index (χ3n) is 5.77. The average molecular weight is 434 g/mol. The SMILES string of the molecule is O=C(O)Cc1cccc(Nc2cc(Oc3cn(C4CC4)nc3C3CCOCC3)ccn2)c1. The summed E-state index contributed by atoms with van der Waals surface area (Å²) < 4.78 is 13.9. The first kappa shape index (κ1) is 20.5. The number of hydrogen-bond donors (Lipinski definition) is 2. The van der Waals surface area contributed by atoms with E-state index in [0.717, 1.165) is 48.7 Å². The van der Waals surface area contributed by atoms with Crippen molar-refractivity contribution in [1.82, 2.24) is 14.8 Å². The summed E-state index contributed by atoms with van der Waals surface area (Å²) in [6, 6.07) is 11.5. The van der Waals surface area contributed by atoms with Gasteiger partial charge in [-0.3, -0.25) is 9.48 Å². The normalized spacial score (nSPS) is 16.6. The van der Waals surface area contributed by atoms with Gasteiger partial charge in [0.25, 0.3) is 0 Å². The van der Waals surface area contributed by atoms with E-state index < -0.39 is 5.97 Å². The van der Waals surface area contributed by atoms with E-state index in [9.17, 15) is 4.79 Å². The van der Waals surface area contributed by atoms with E-state index in [-0.39, 0.29) is 6.42 Å². The minimum Gasteiger partial charge on any atom is -0.481 e. The van der Waals surface area contributed by atoms with Crippen molar-refractivity contribution in [3.63, 3.8) is 0 Å². The molecule has 2 fully saturated rings.